The zero-order valence-corrected chi connectivity index (χ0v) is 18.4. The summed E-state index contributed by atoms with van der Waals surface area (Å²) in [5.41, 5.74) is 1.70. The highest BCUT2D eigenvalue weighted by molar-refractivity contribution is 6.32. The van der Waals surface area contributed by atoms with E-state index in [-0.39, 0.29) is 0 Å². The molecule has 0 saturated heterocycles. The van der Waals surface area contributed by atoms with E-state index in [1.807, 2.05) is 78.9 Å². The molecule has 29 heavy (non-hydrogen) atoms. The first-order valence-corrected chi connectivity index (χ1v) is 10.6. The quantitative estimate of drug-likeness (QED) is 0.369. The van der Waals surface area contributed by atoms with Crippen LogP contribution >= 0.6 is 46.4 Å². The minimum Gasteiger partial charge on any atom is -0.0847 e. The van der Waals surface area contributed by atoms with Gasteiger partial charge < -0.3 is 0 Å². The second kappa shape index (κ2) is 7.85. The summed E-state index contributed by atoms with van der Waals surface area (Å²) in [6, 6.07) is 23.4. The van der Waals surface area contributed by atoms with Crippen LogP contribution in [0.25, 0.3) is 0 Å². The first kappa shape index (κ1) is 20.6. The Morgan fingerprint density at radius 2 is 0.931 bits per heavy atom. The molecule has 0 nitrogen and oxygen atoms in total. The van der Waals surface area contributed by atoms with Crippen LogP contribution in [-0.2, 0) is 10.8 Å². The molecule has 0 saturated carbocycles. The first-order chi connectivity index (χ1) is 13.8. The number of benzene rings is 3. The van der Waals surface area contributed by atoms with Gasteiger partial charge in [-0.1, -0.05) is 88.9 Å². The SMILES string of the molecule is [CH2]C1(c2ccc(Cl)cc2)C=CC(Cl)=CC1(c1ccc(Cl)cc1)c1ccc(Cl)cc1. The molecule has 0 N–H and O–H groups in total. The van der Waals surface area contributed by atoms with Crippen molar-refractivity contribution in [2.24, 2.45) is 0 Å². The lowest BCUT2D eigenvalue weighted by Crippen LogP contribution is -2.47. The highest BCUT2D eigenvalue weighted by Crippen LogP contribution is 2.54. The number of rotatable bonds is 3. The molecule has 0 aromatic heterocycles. The van der Waals surface area contributed by atoms with E-state index >= 15 is 0 Å². The van der Waals surface area contributed by atoms with Crippen molar-refractivity contribution in [1.82, 2.24) is 0 Å². The number of halogens is 4. The van der Waals surface area contributed by atoms with Gasteiger partial charge in [0, 0.05) is 25.5 Å². The maximum atomic E-state index is 6.58. The molecule has 3 aromatic carbocycles. The maximum Gasteiger partial charge on any atom is 0.0530 e. The van der Waals surface area contributed by atoms with E-state index < -0.39 is 10.8 Å². The van der Waals surface area contributed by atoms with Crippen molar-refractivity contribution in [1.29, 1.82) is 0 Å². The topological polar surface area (TPSA) is 0 Å². The van der Waals surface area contributed by atoms with Crippen LogP contribution in [0.3, 0.4) is 0 Å². The van der Waals surface area contributed by atoms with Crippen LogP contribution in [0, 0.1) is 6.92 Å². The summed E-state index contributed by atoms with van der Waals surface area (Å²) >= 11 is 25.1. The zero-order valence-electron chi connectivity index (χ0n) is 15.4. The molecule has 4 heteroatoms. The fourth-order valence-electron chi connectivity index (χ4n) is 4.08. The molecule has 1 atom stereocenters. The summed E-state index contributed by atoms with van der Waals surface area (Å²) in [5, 5.41) is 2.66. The van der Waals surface area contributed by atoms with Crippen LogP contribution in [0.2, 0.25) is 15.1 Å². The summed E-state index contributed by atoms with van der Waals surface area (Å²) in [6.07, 6.45) is 6.01. The number of allylic oxidation sites excluding steroid dienone is 4. The molecule has 3 aromatic rings. The van der Waals surface area contributed by atoms with Gasteiger partial charge in [-0.05, 0) is 72.2 Å². The molecule has 1 aliphatic rings. The molecule has 0 spiro atoms. The Morgan fingerprint density at radius 1 is 0.552 bits per heavy atom. The fraction of sp³-hybridized carbons (Fsp3) is 0.0800. The van der Waals surface area contributed by atoms with Crippen molar-refractivity contribution in [3.8, 4) is 0 Å². The van der Waals surface area contributed by atoms with Crippen LogP contribution in [0.5, 0.6) is 0 Å². The Hall–Kier alpha value is -1.70. The van der Waals surface area contributed by atoms with E-state index in [9.17, 15) is 0 Å². The fourth-order valence-corrected chi connectivity index (χ4v) is 4.69. The molecule has 1 radical (unpaired) electrons. The lowest BCUT2D eigenvalue weighted by atomic mass is 9.53. The molecule has 0 aliphatic heterocycles. The average molecular weight is 459 g/mol. The third kappa shape index (κ3) is 3.53. The highest BCUT2D eigenvalue weighted by Gasteiger charge is 2.50. The van der Waals surface area contributed by atoms with E-state index in [0.29, 0.717) is 20.1 Å². The van der Waals surface area contributed by atoms with E-state index in [2.05, 4.69) is 12.2 Å². The Morgan fingerprint density at radius 3 is 1.34 bits per heavy atom. The normalized spacial score (nSPS) is 20.4. The summed E-state index contributed by atoms with van der Waals surface area (Å²) in [4.78, 5) is 0. The third-order valence-corrected chi connectivity index (χ3v) is 6.53. The Kier molecular flexibility index (Phi) is 5.57. The second-order valence-corrected chi connectivity index (χ2v) is 8.91. The van der Waals surface area contributed by atoms with Crippen LogP contribution in [0.1, 0.15) is 16.7 Å². The molecular formula is C25H17Cl4. The lowest BCUT2D eigenvalue weighted by Gasteiger charge is -2.49. The van der Waals surface area contributed by atoms with Crippen molar-refractivity contribution in [2.45, 2.75) is 10.8 Å². The van der Waals surface area contributed by atoms with Gasteiger partial charge in [0.15, 0.2) is 0 Å². The van der Waals surface area contributed by atoms with Gasteiger partial charge in [0.25, 0.3) is 0 Å². The van der Waals surface area contributed by atoms with Crippen molar-refractivity contribution in [3.63, 3.8) is 0 Å². The van der Waals surface area contributed by atoms with Crippen molar-refractivity contribution in [2.75, 3.05) is 0 Å². The first-order valence-electron chi connectivity index (χ1n) is 9.06. The van der Waals surface area contributed by atoms with Gasteiger partial charge in [0.1, 0.15) is 0 Å². The lowest BCUT2D eigenvalue weighted by molar-refractivity contribution is 0.453. The number of hydrogen-bond donors (Lipinski definition) is 0. The minimum atomic E-state index is -0.683. The average Bonchev–Trinajstić information content (AvgIpc) is 2.71. The van der Waals surface area contributed by atoms with Crippen molar-refractivity contribution < 1.29 is 0 Å². The molecule has 4 rings (SSSR count). The van der Waals surface area contributed by atoms with Gasteiger partial charge in [-0.25, -0.2) is 0 Å². The largest absolute Gasteiger partial charge is 0.0847 e. The highest BCUT2D eigenvalue weighted by atomic mass is 35.5. The predicted octanol–water partition coefficient (Wildman–Crippen LogP) is 8.40. The van der Waals surface area contributed by atoms with Gasteiger partial charge in [-0.2, -0.15) is 0 Å². The van der Waals surface area contributed by atoms with Crippen LogP contribution in [0.15, 0.2) is 96.1 Å². The van der Waals surface area contributed by atoms with Gasteiger partial charge in [-0.3, -0.25) is 0 Å². The predicted molar refractivity (Wildman–Crippen MR) is 125 cm³/mol. The van der Waals surface area contributed by atoms with Gasteiger partial charge in [0.2, 0.25) is 0 Å². The summed E-state index contributed by atoms with van der Waals surface area (Å²) < 4.78 is 0. The van der Waals surface area contributed by atoms with Gasteiger partial charge in [-0.15, -0.1) is 0 Å². The zero-order chi connectivity index (χ0) is 20.6. The van der Waals surface area contributed by atoms with Gasteiger partial charge >= 0.3 is 0 Å². The summed E-state index contributed by atoms with van der Waals surface area (Å²) in [5.74, 6) is 0. The molecule has 1 aliphatic carbocycles. The van der Waals surface area contributed by atoms with Crippen LogP contribution in [0.4, 0.5) is 0 Å². The van der Waals surface area contributed by atoms with Crippen molar-refractivity contribution >= 4 is 46.4 Å². The van der Waals surface area contributed by atoms with Crippen LogP contribution in [-0.4, -0.2) is 0 Å². The third-order valence-electron chi connectivity index (χ3n) is 5.54. The van der Waals surface area contributed by atoms with Crippen LogP contribution < -0.4 is 0 Å². The number of hydrogen-bond acceptors (Lipinski definition) is 0. The Labute approximate surface area is 191 Å². The Balaban J connectivity index is 2.07. The molecule has 145 valence electrons. The van der Waals surface area contributed by atoms with E-state index in [1.165, 1.54) is 0 Å². The van der Waals surface area contributed by atoms with E-state index in [1.54, 1.807) is 0 Å². The minimum absolute atomic E-state index is 0.642. The molecule has 0 bridgehead atoms. The van der Waals surface area contributed by atoms with E-state index in [0.717, 1.165) is 16.7 Å². The maximum absolute atomic E-state index is 6.58. The Bertz CT molecular complexity index is 1030. The monoisotopic (exact) mass is 457 g/mol. The second-order valence-electron chi connectivity index (χ2n) is 7.16. The van der Waals surface area contributed by atoms with E-state index in [4.69, 9.17) is 53.3 Å². The molecule has 0 heterocycles. The summed E-state index contributed by atoms with van der Waals surface area (Å²) in [7, 11) is 0. The summed E-state index contributed by atoms with van der Waals surface area (Å²) in [6.45, 7) is 4.72. The smallest absolute Gasteiger partial charge is 0.0530 e. The molecule has 0 fully saturated rings. The van der Waals surface area contributed by atoms with Gasteiger partial charge in [0.05, 0.1) is 5.41 Å². The van der Waals surface area contributed by atoms with Crippen molar-refractivity contribution in [3.05, 3.63) is 135 Å². The molecule has 0 amide bonds. The molecule has 1 unspecified atom stereocenters. The molecular weight excluding hydrogens is 442 g/mol. The standard InChI is InChI=1S/C25H17Cl4/c1-24(17-2-8-20(26)9-3-17)15-14-23(29)16-25(24,18-4-10-21(27)11-5-18)19-6-12-22(28)13-7-19/h2-16H,1H2.